The molecule has 0 radical (unpaired) electrons. The molecule has 2 rings (SSSR count). The maximum absolute atomic E-state index is 12.2. The number of nitrogens with two attached hydrogens (primary N) is 1. The Morgan fingerprint density at radius 2 is 2.05 bits per heavy atom. The zero-order valence-electron chi connectivity index (χ0n) is 12.4. The van der Waals surface area contributed by atoms with E-state index in [-0.39, 0.29) is 12.0 Å². The molecule has 1 atom stereocenters. The van der Waals surface area contributed by atoms with Crippen molar-refractivity contribution in [3.8, 4) is 5.75 Å². The summed E-state index contributed by atoms with van der Waals surface area (Å²) in [5.74, 6) is 0.726. The maximum atomic E-state index is 12.2. The monoisotopic (exact) mass is 354 g/mol. The highest BCUT2D eigenvalue weighted by Crippen LogP contribution is 2.26. The number of amides is 1. The van der Waals surface area contributed by atoms with E-state index < -0.39 is 5.54 Å². The lowest BCUT2D eigenvalue weighted by molar-refractivity contribution is -0.127. The fourth-order valence-corrected chi connectivity index (χ4v) is 3.00. The first kappa shape index (κ1) is 16.3. The van der Waals surface area contributed by atoms with E-state index in [1.54, 1.807) is 0 Å². The summed E-state index contributed by atoms with van der Waals surface area (Å²) in [5, 5.41) is 2.93. The van der Waals surface area contributed by atoms with Gasteiger partial charge in [-0.1, -0.05) is 31.4 Å². The molecule has 1 unspecified atom stereocenters. The van der Waals surface area contributed by atoms with Gasteiger partial charge in [0.15, 0.2) is 0 Å². The molecule has 1 aliphatic carbocycles. The predicted molar refractivity (Wildman–Crippen MR) is 87.2 cm³/mol. The number of nitrogens with one attached hydrogen (secondary N) is 1. The van der Waals surface area contributed by atoms with Crippen molar-refractivity contribution in [2.75, 3.05) is 6.54 Å². The van der Waals surface area contributed by atoms with Crippen LogP contribution in [0, 0.1) is 0 Å². The van der Waals surface area contributed by atoms with Crippen LogP contribution in [0.5, 0.6) is 5.75 Å². The zero-order chi connectivity index (χ0) is 15.3. The van der Waals surface area contributed by atoms with Crippen LogP contribution in [0.15, 0.2) is 28.7 Å². The third kappa shape index (κ3) is 4.45. The molecule has 0 aromatic heterocycles. The molecule has 5 heteroatoms. The number of carbonyl (C=O) groups excluding carboxylic acids is 1. The predicted octanol–water partition coefficient (Wildman–Crippen LogP) is 2.99. The van der Waals surface area contributed by atoms with Gasteiger partial charge in [0.1, 0.15) is 11.9 Å². The Bertz CT molecular complexity index is 487. The van der Waals surface area contributed by atoms with Crippen molar-refractivity contribution < 1.29 is 9.53 Å². The van der Waals surface area contributed by atoms with E-state index in [1.165, 1.54) is 6.42 Å². The van der Waals surface area contributed by atoms with Crippen LogP contribution in [0.25, 0.3) is 0 Å². The number of halogens is 1. The third-order valence-corrected chi connectivity index (χ3v) is 4.57. The maximum Gasteiger partial charge on any atom is 0.240 e. The molecule has 21 heavy (non-hydrogen) atoms. The smallest absolute Gasteiger partial charge is 0.240 e. The molecule has 1 aromatic rings. The highest BCUT2D eigenvalue weighted by molar-refractivity contribution is 9.10. The van der Waals surface area contributed by atoms with Gasteiger partial charge in [-0.3, -0.25) is 4.79 Å². The third-order valence-electron chi connectivity index (χ3n) is 3.91. The van der Waals surface area contributed by atoms with Gasteiger partial charge in [0, 0.05) is 0 Å². The van der Waals surface area contributed by atoms with Crippen molar-refractivity contribution in [1.29, 1.82) is 0 Å². The molecule has 0 heterocycles. The van der Waals surface area contributed by atoms with E-state index in [9.17, 15) is 4.79 Å². The second kappa shape index (κ2) is 7.27. The van der Waals surface area contributed by atoms with E-state index in [0.717, 1.165) is 35.9 Å². The molecule has 1 fully saturated rings. The van der Waals surface area contributed by atoms with Gasteiger partial charge < -0.3 is 15.8 Å². The van der Waals surface area contributed by atoms with Crippen LogP contribution in [-0.4, -0.2) is 24.1 Å². The van der Waals surface area contributed by atoms with E-state index in [0.29, 0.717) is 6.54 Å². The van der Waals surface area contributed by atoms with Crippen molar-refractivity contribution >= 4 is 21.8 Å². The minimum Gasteiger partial charge on any atom is -0.488 e. The largest absolute Gasteiger partial charge is 0.488 e. The van der Waals surface area contributed by atoms with Crippen molar-refractivity contribution in [3.63, 3.8) is 0 Å². The molecular weight excluding hydrogens is 332 g/mol. The van der Waals surface area contributed by atoms with Gasteiger partial charge in [-0.15, -0.1) is 0 Å². The average molecular weight is 355 g/mol. The summed E-state index contributed by atoms with van der Waals surface area (Å²) in [6.45, 7) is 2.39. The number of ether oxygens (including phenoxy) is 1. The summed E-state index contributed by atoms with van der Waals surface area (Å²) in [5.41, 5.74) is 5.52. The van der Waals surface area contributed by atoms with Crippen LogP contribution in [0.1, 0.15) is 39.0 Å². The van der Waals surface area contributed by atoms with E-state index in [4.69, 9.17) is 10.5 Å². The summed E-state index contributed by atoms with van der Waals surface area (Å²) in [6, 6.07) is 7.68. The quantitative estimate of drug-likeness (QED) is 0.854. The standard InChI is InChI=1S/C16H23BrN2O2/c1-12(21-14-8-4-3-7-13(14)17)11-19-15(20)16(18)9-5-2-6-10-16/h3-4,7-8,12H,2,5-6,9-11,18H2,1H3,(H,19,20). The lowest BCUT2D eigenvalue weighted by Crippen LogP contribution is -2.56. The first-order valence-electron chi connectivity index (χ1n) is 7.50. The Hall–Kier alpha value is -1.07. The first-order chi connectivity index (χ1) is 10.0. The summed E-state index contributed by atoms with van der Waals surface area (Å²) >= 11 is 3.44. The fourth-order valence-electron chi connectivity index (χ4n) is 2.62. The second-order valence-corrected chi connectivity index (χ2v) is 6.64. The topological polar surface area (TPSA) is 64.4 Å². The Kier molecular flexibility index (Phi) is 5.65. The Morgan fingerprint density at radius 1 is 1.38 bits per heavy atom. The number of hydrogen-bond acceptors (Lipinski definition) is 3. The van der Waals surface area contributed by atoms with E-state index in [2.05, 4.69) is 21.2 Å². The van der Waals surface area contributed by atoms with Crippen LogP contribution in [0.2, 0.25) is 0 Å². The summed E-state index contributed by atoms with van der Waals surface area (Å²) in [7, 11) is 0. The van der Waals surface area contributed by atoms with Crippen LogP contribution in [0.3, 0.4) is 0 Å². The van der Waals surface area contributed by atoms with E-state index >= 15 is 0 Å². The van der Waals surface area contributed by atoms with Gasteiger partial charge in [0.05, 0.1) is 16.6 Å². The highest BCUT2D eigenvalue weighted by Gasteiger charge is 2.35. The molecule has 0 bridgehead atoms. The molecule has 1 amide bonds. The van der Waals surface area contributed by atoms with Gasteiger partial charge in [-0.05, 0) is 47.8 Å². The molecular formula is C16H23BrN2O2. The second-order valence-electron chi connectivity index (χ2n) is 5.79. The number of para-hydroxylation sites is 1. The Labute approximate surface area is 134 Å². The van der Waals surface area contributed by atoms with Gasteiger partial charge in [-0.25, -0.2) is 0 Å². The van der Waals surface area contributed by atoms with Gasteiger partial charge in [0.2, 0.25) is 5.91 Å². The number of carbonyl (C=O) groups is 1. The highest BCUT2D eigenvalue weighted by atomic mass is 79.9. The SMILES string of the molecule is CC(CNC(=O)C1(N)CCCCC1)Oc1ccccc1Br. The average Bonchev–Trinajstić information content (AvgIpc) is 2.48. The van der Waals surface area contributed by atoms with Gasteiger partial charge in [-0.2, -0.15) is 0 Å². The van der Waals surface area contributed by atoms with Crippen LogP contribution >= 0.6 is 15.9 Å². The van der Waals surface area contributed by atoms with Crippen molar-refractivity contribution in [3.05, 3.63) is 28.7 Å². The molecule has 0 spiro atoms. The molecule has 4 nitrogen and oxygen atoms in total. The Morgan fingerprint density at radius 3 is 2.71 bits per heavy atom. The summed E-state index contributed by atoms with van der Waals surface area (Å²) in [4.78, 5) is 12.2. The van der Waals surface area contributed by atoms with Gasteiger partial charge in [0.25, 0.3) is 0 Å². The van der Waals surface area contributed by atoms with Gasteiger partial charge >= 0.3 is 0 Å². The molecule has 116 valence electrons. The fraction of sp³-hybridized carbons (Fsp3) is 0.562. The lowest BCUT2D eigenvalue weighted by Gasteiger charge is -2.32. The van der Waals surface area contributed by atoms with Crippen molar-refractivity contribution in [1.82, 2.24) is 5.32 Å². The van der Waals surface area contributed by atoms with Crippen LogP contribution < -0.4 is 15.8 Å². The number of rotatable bonds is 5. The first-order valence-corrected chi connectivity index (χ1v) is 8.29. The lowest BCUT2D eigenvalue weighted by atomic mass is 9.82. The molecule has 3 N–H and O–H groups in total. The molecule has 0 aliphatic heterocycles. The Balaban J connectivity index is 1.82. The van der Waals surface area contributed by atoms with Crippen molar-refractivity contribution in [2.24, 2.45) is 5.73 Å². The van der Waals surface area contributed by atoms with Crippen molar-refractivity contribution in [2.45, 2.75) is 50.7 Å². The van der Waals surface area contributed by atoms with Crippen LogP contribution in [0.4, 0.5) is 0 Å². The number of hydrogen-bond donors (Lipinski definition) is 2. The van der Waals surface area contributed by atoms with E-state index in [1.807, 2.05) is 31.2 Å². The summed E-state index contributed by atoms with van der Waals surface area (Å²) < 4.78 is 6.72. The molecule has 0 saturated heterocycles. The van der Waals surface area contributed by atoms with Crippen LogP contribution in [-0.2, 0) is 4.79 Å². The molecule has 1 aliphatic rings. The molecule has 1 saturated carbocycles. The number of benzene rings is 1. The normalized spacial score (nSPS) is 18.8. The molecule has 1 aromatic carbocycles. The zero-order valence-corrected chi connectivity index (χ0v) is 14.0. The summed E-state index contributed by atoms with van der Waals surface area (Å²) in [6.07, 6.45) is 4.68. The minimum absolute atomic E-state index is 0.0511. The minimum atomic E-state index is -0.689.